The van der Waals surface area contributed by atoms with Crippen LogP contribution in [0.1, 0.15) is 22.8 Å². The zero-order valence-corrected chi connectivity index (χ0v) is 16.0. The van der Waals surface area contributed by atoms with E-state index < -0.39 is 12.6 Å². The summed E-state index contributed by atoms with van der Waals surface area (Å²) in [6, 6.07) is 7.50. The SMILES string of the molecule is CCOc1cc(/C=C/C(=O)c2ccc(OCC(=O)O)c(OC)c2)cc(Cl)c1O. The summed E-state index contributed by atoms with van der Waals surface area (Å²) in [5.74, 6) is -0.907. The van der Waals surface area contributed by atoms with E-state index in [9.17, 15) is 14.7 Å². The smallest absolute Gasteiger partial charge is 0.341 e. The summed E-state index contributed by atoms with van der Waals surface area (Å²) >= 11 is 5.97. The van der Waals surface area contributed by atoms with Crippen LogP contribution in [0.2, 0.25) is 5.02 Å². The van der Waals surface area contributed by atoms with Gasteiger partial charge in [-0.1, -0.05) is 17.7 Å². The van der Waals surface area contributed by atoms with Crippen LogP contribution in [0.5, 0.6) is 23.0 Å². The van der Waals surface area contributed by atoms with Crippen molar-refractivity contribution in [3.8, 4) is 23.0 Å². The van der Waals surface area contributed by atoms with Gasteiger partial charge in [0.05, 0.1) is 18.7 Å². The first kappa shape index (κ1) is 21.1. The Balaban J connectivity index is 2.21. The van der Waals surface area contributed by atoms with Crippen molar-refractivity contribution in [2.45, 2.75) is 6.92 Å². The molecule has 0 unspecified atom stereocenters. The molecule has 28 heavy (non-hydrogen) atoms. The second kappa shape index (κ2) is 9.66. The highest BCUT2D eigenvalue weighted by molar-refractivity contribution is 6.32. The largest absolute Gasteiger partial charge is 0.503 e. The topological polar surface area (TPSA) is 102 Å². The van der Waals surface area contributed by atoms with Gasteiger partial charge in [-0.2, -0.15) is 0 Å². The summed E-state index contributed by atoms with van der Waals surface area (Å²) in [5, 5.41) is 18.7. The number of methoxy groups -OCH3 is 1. The number of aromatic hydroxyl groups is 1. The molecule has 0 saturated carbocycles. The number of carbonyl (C=O) groups excluding carboxylic acids is 1. The Bertz CT molecular complexity index is 906. The van der Waals surface area contributed by atoms with Crippen LogP contribution in [-0.4, -0.2) is 42.3 Å². The molecule has 148 valence electrons. The molecule has 0 saturated heterocycles. The third kappa shape index (κ3) is 5.40. The third-order valence-electron chi connectivity index (χ3n) is 3.58. The van der Waals surface area contributed by atoms with Crippen LogP contribution in [0.15, 0.2) is 36.4 Å². The average Bonchev–Trinajstić information content (AvgIpc) is 2.68. The van der Waals surface area contributed by atoms with Gasteiger partial charge in [-0.15, -0.1) is 0 Å². The molecule has 0 spiro atoms. The van der Waals surface area contributed by atoms with Crippen molar-refractivity contribution in [2.24, 2.45) is 0 Å². The molecule has 0 amide bonds. The Morgan fingerprint density at radius 1 is 1.11 bits per heavy atom. The van der Waals surface area contributed by atoms with Crippen molar-refractivity contribution in [3.05, 3.63) is 52.6 Å². The van der Waals surface area contributed by atoms with Crippen molar-refractivity contribution in [1.29, 1.82) is 0 Å². The standard InChI is InChI=1S/C20H19ClO7/c1-3-27-18-9-12(8-14(21)20(18)25)4-6-15(22)13-5-7-16(17(10-13)26-2)28-11-19(23)24/h4-10,25H,3,11H2,1-2H3,(H,23,24)/b6-4+. The lowest BCUT2D eigenvalue weighted by molar-refractivity contribution is -0.139. The zero-order valence-electron chi connectivity index (χ0n) is 15.3. The molecule has 7 nitrogen and oxygen atoms in total. The van der Waals surface area contributed by atoms with E-state index in [1.807, 2.05) is 0 Å². The zero-order chi connectivity index (χ0) is 20.7. The number of benzene rings is 2. The number of phenolic OH excluding ortho intramolecular Hbond substituents is 1. The quantitative estimate of drug-likeness (QED) is 0.482. The molecule has 2 aromatic rings. The normalized spacial score (nSPS) is 10.7. The lowest BCUT2D eigenvalue weighted by Crippen LogP contribution is -2.10. The summed E-state index contributed by atoms with van der Waals surface area (Å²) in [6.45, 7) is 1.61. The first-order valence-electron chi connectivity index (χ1n) is 8.26. The van der Waals surface area contributed by atoms with Crippen LogP contribution in [0, 0.1) is 0 Å². The summed E-state index contributed by atoms with van der Waals surface area (Å²) in [4.78, 5) is 23.0. The molecule has 0 bridgehead atoms. The van der Waals surface area contributed by atoms with Crippen LogP contribution in [-0.2, 0) is 4.79 Å². The van der Waals surface area contributed by atoms with Crippen molar-refractivity contribution >= 4 is 29.4 Å². The highest BCUT2D eigenvalue weighted by atomic mass is 35.5. The second-order valence-electron chi connectivity index (χ2n) is 5.53. The molecular formula is C20H19ClO7. The molecule has 0 fully saturated rings. The molecule has 8 heteroatoms. The van der Waals surface area contributed by atoms with E-state index >= 15 is 0 Å². The molecule has 0 aliphatic rings. The van der Waals surface area contributed by atoms with E-state index in [1.54, 1.807) is 13.0 Å². The maximum atomic E-state index is 12.4. The van der Waals surface area contributed by atoms with Gasteiger partial charge in [0.1, 0.15) is 0 Å². The maximum Gasteiger partial charge on any atom is 0.341 e. The van der Waals surface area contributed by atoms with Crippen molar-refractivity contribution < 1.29 is 34.0 Å². The van der Waals surface area contributed by atoms with Crippen LogP contribution in [0.25, 0.3) is 6.08 Å². The molecule has 0 heterocycles. The highest BCUT2D eigenvalue weighted by Gasteiger charge is 2.12. The fraction of sp³-hybridized carbons (Fsp3) is 0.200. The van der Waals surface area contributed by atoms with Gasteiger partial charge >= 0.3 is 5.97 Å². The van der Waals surface area contributed by atoms with E-state index in [1.165, 1.54) is 43.5 Å². The number of rotatable bonds is 9. The molecular weight excluding hydrogens is 388 g/mol. The average molecular weight is 407 g/mol. The number of allylic oxidation sites excluding steroid dienone is 1. The van der Waals surface area contributed by atoms with Crippen molar-refractivity contribution in [3.63, 3.8) is 0 Å². The van der Waals surface area contributed by atoms with E-state index in [-0.39, 0.29) is 33.8 Å². The molecule has 2 rings (SSSR count). The van der Waals surface area contributed by atoms with Gasteiger partial charge in [-0.25, -0.2) is 4.79 Å². The molecule has 0 radical (unpaired) electrons. The lowest BCUT2D eigenvalue weighted by atomic mass is 10.1. The number of aliphatic carboxylic acids is 1. The van der Waals surface area contributed by atoms with Crippen LogP contribution < -0.4 is 14.2 Å². The Kier molecular flexibility index (Phi) is 7.28. The minimum absolute atomic E-state index is 0.111. The Hall–Kier alpha value is -3.19. The summed E-state index contributed by atoms with van der Waals surface area (Å²) in [7, 11) is 1.39. The predicted molar refractivity (Wildman–Crippen MR) is 104 cm³/mol. The van der Waals surface area contributed by atoms with Gasteiger partial charge in [0.25, 0.3) is 0 Å². The lowest BCUT2D eigenvalue weighted by Gasteiger charge is -2.10. The van der Waals surface area contributed by atoms with Gasteiger partial charge in [-0.05, 0) is 48.9 Å². The van der Waals surface area contributed by atoms with E-state index in [0.717, 1.165) is 0 Å². The maximum absolute atomic E-state index is 12.4. The fourth-order valence-corrected chi connectivity index (χ4v) is 2.52. The number of carboxylic acid groups (broad SMARTS) is 1. The number of hydrogen-bond donors (Lipinski definition) is 2. The monoisotopic (exact) mass is 406 g/mol. The van der Waals surface area contributed by atoms with Gasteiger partial charge in [0.2, 0.25) is 0 Å². The molecule has 0 atom stereocenters. The Labute approximate surface area is 166 Å². The molecule has 0 aliphatic carbocycles. The minimum atomic E-state index is -1.12. The van der Waals surface area contributed by atoms with Gasteiger partial charge in [-0.3, -0.25) is 4.79 Å². The Morgan fingerprint density at radius 3 is 2.50 bits per heavy atom. The number of ketones is 1. The number of halogens is 1. The highest BCUT2D eigenvalue weighted by Crippen LogP contribution is 2.35. The molecule has 0 aliphatic heterocycles. The first-order chi connectivity index (χ1) is 13.3. The van der Waals surface area contributed by atoms with E-state index in [2.05, 4.69) is 0 Å². The summed E-state index contributed by atoms with van der Waals surface area (Å²) < 4.78 is 15.6. The Morgan fingerprint density at radius 2 is 1.86 bits per heavy atom. The summed E-state index contributed by atoms with van der Waals surface area (Å²) in [6.07, 6.45) is 2.88. The summed E-state index contributed by atoms with van der Waals surface area (Å²) in [5.41, 5.74) is 0.902. The number of carbonyl (C=O) groups is 2. The van der Waals surface area contributed by atoms with Gasteiger partial charge in [0, 0.05) is 5.56 Å². The molecule has 2 aromatic carbocycles. The first-order valence-corrected chi connectivity index (χ1v) is 8.63. The number of carboxylic acids is 1. The van der Waals surface area contributed by atoms with E-state index in [0.29, 0.717) is 17.7 Å². The van der Waals surface area contributed by atoms with Crippen LogP contribution in [0.3, 0.4) is 0 Å². The number of ether oxygens (including phenoxy) is 3. The van der Waals surface area contributed by atoms with Gasteiger partial charge < -0.3 is 24.4 Å². The molecule has 0 aromatic heterocycles. The minimum Gasteiger partial charge on any atom is -0.503 e. The third-order valence-corrected chi connectivity index (χ3v) is 3.87. The number of phenols is 1. The van der Waals surface area contributed by atoms with Crippen molar-refractivity contribution in [2.75, 3.05) is 20.3 Å². The molecule has 2 N–H and O–H groups in total. The number of hydrogen-bond acceptors (Lipinski definition) is 6. The van der Waals surface area contributed by atoms with Crippen molar-refractivity contribution in [1.82, 2.24) is 0 Å². The van der Waals surface area contributed by atoms with Crippen LogP contribution >= 0.6 is 11.6 Å². The van der Waals surface area contributed by atoms with E-state index in [4.69, 9.17) is 30.9 Å². The van der Waals surface area contributed by atoms with Crippen LogP contribution in [0.4, 0.5) is 0 Å². The second-order valence-corrected chi connectivity index (χ2v) is 5.94. The fourth-order valence-electron chi connectivity index (χ4n) is 2.30. The van der Waals surface area contributed by atoms with Gasteiger partial charge in [0.15, 0.2) is 35.4 Å². The predicted octanol–water partition coefficient (Wildman–Crippen LogP) is 3.81.